The van der Waals surface area contributed by atoms with Gasteiger partial charge in [0.05, 0.1) is 0 Å². The topological polar surface area (TPSA) is 52.6 Å². The highest BCUT2D eigenvalue weighted by Gasteiger charge is 2.25. The first kappa shape index (κ1) is 14.8. The third-order valence-electron chi connectivity index (χ3n) is 3.81. The maximum absolute atomic E-state index is 13.0. The number of hydrogen-bond acceptors (Lipinski definition) is 2. The van der Waals surface area contributed by atoms with Crippen LogP contribution in [0.4, 0.5) is 9.18 Å². The molecule has 0 aromatic heterocycles. The van der Waals surface area contributed by atoms with Crippen LogP contribution >= 0.6 is 0 Å². The molecule has 1 saturated heterocycles. The lowest BCUT2D eigenvalue weighted by Gasteiger charge is -2.17. The largest absolute Gasteiger partial charge is 0.396 e. The summed E-state index contributed by atoms with van der Waals surface area (Å²) >= 11 is 0. The first-order valence-corrected chi connectivity index (χ1v) is 6.99. The summed E-state index contributed by atoms with van der Waals surface area (Å²) in [7, 11) is 0. The minimum atomic E-state index is -0.234. The molecule has 0 aliphatic carbocycles. The SMILES string of the molecule is Cc1cc(F)ccc1CCNC(=O)N1CCC(CO)C1. The van der Waals surface area contributed by atoms with Crippen LogP contribution in [0.2, 0.25) is 0 Å². The maximum atomic E-state index is 13.0. The Morgan fingerprint density at radius 3 is 3.00 bits per heavy atom. The molecule has 0 spiro atoms. The second kappa shape index (κ2) is 6.70. The van der Waals surface area contributed by atoms with E-state index in [0.29, 0.717) is 26.1 Å². The van der Waals surface area contributed by atoms with Gasteiger partial charge in [0.25, 0.3) is 0 Å². The quantitative estimate of drug-likeness (QED) is 0.882. The lowest BCUT2D eigenvalue weighted by atomic mass is 10.1. The maximum Gasteiger partial charge on any atom is 0.317 e. The van der Waals surface area contributed by atoms with Gasteiger partial charge < -0.3 is 15.3 Å². The number of hydrogen-bond donors (Lipinski definition) is 2. The average molecular weight is 280 g/mol. The van der Waals surface area contributed by atoms with Crippen LogP contribution in [0, 0.1) is 18.7 Å². The zero-order valence-electron chi connectivity index (χ0n) is 11.7. The Morgan fingerprint density at radius 2 is 2.35 bits per heavy atom. The summed E-state index contributed by atoms with van der Waals surface area (Å²) in [6.45, 7) is 3.86. The molecule has 1 aromatic carbocycles. The van der Waals surface area contributed by atoms with Crippen LogP contribution in [0.1, 0.15) is 17.5 Å². The fraction of sp³-hybridized carbons (Fsp3) is 0.533. The van der Waals surface area contributed by atoms with E-state index in [4.69, 9.17) is 5.11 Å². The molecule has 0 radical (unpaired) electrons. The van der Waals surface area contributed by atoms with Gasteiger partial charge in [-0.2, -0.15) is 0 Å². The third-order valence-corrected chi connectivity index (χ3v) is 3.81. The van der Waals surface area contributed by atoms with E-state index in [0.717, 1.165) is 17.5 Å². The van der Waals surface area contributed by atoms with Crippen LogP contribution in [0.5, 0.6) is 0 Å². The summed E-state index contributed by atoms with van der Waals surface area (Å²) in [6.07, 6.45) is 1.55. The highest BCUT2D eigenvalue weighted by Crippen LogP contribution is 2.15. The zero-order chi connectivity index (χ0) is 14.5. The monoisotopic (exact) mass is 280 g/mol. The molecule has 110 valence electrons. The molecule has 1 unspecified atom stereocenters. The smallest absolute Gasteiger partial charge is 0.317 e. The second-order valence-electron chi connectivity index (χ2n) is 5.34. The number of aryl methyl sites for hydroxylation is 1. The molecule has 5 heteroatoms. The number of benzene rings is 1. The van der Waals surface area contributed by atoms with Crippen molar-refractivity contribution in [1.82, 2.24) is 10.2 Å². The van der Waals surface area contributed by atoms with Gasteiger partial charge in [0.15, 0.2) is 0 Å². The fourth-order valence-corrected chi connectivity index (χ4v) is 2.52. The number of amides is 2. The first-order valence-electron chi connectivity index (χ1n) is 6.99. The van der Waals surface area contributed by atoms with E-state index in [1.165, 1.54) is 12.1 Å². The molecule has 1 atom stereocenters. The highest BCUT2D eigenvalue weighted by atomic mass is 19.1. The lowest BCUT2D eigenvalue weighted by Crippen LogP contribution is -2.39. The minimum Gasteiger partial charge on any atom is -0.396 e. The molecule has 4 nitrogen and oxygen atoms in total. The van der Waals surface area contributed by atoms with Crippen molar-refractivity contribution >= 4 is 6.03 Å². The second-order valence-corrected chi connectivity index (χ2v) is 5.34. The molecule has 1 aliphatic rings. The zero-order valence-corrected chi connectivity index (χ0v) is 11.7. The van der Waals surface area contributed by atoms with Crippen LogP contribution < -0.4 is 5.32 Å². The van der Waals surface area contributed by atoms with Gasteiger partial charge in [0, 0.05) is 32.2 Å². The predicted octanol–water partition coefficient (Wildman–Crippen LogP) is 1.70. The van der Waals surface area contributed by atoms with Crippen LogP contribution in [-0.4, -0.2) is 42.3 Å². The predicted molar refractivity (Wildman–Crippen MR) is 75.0 cm³/mol. The van der Waals surface area contributed by atoms with Crippen molar-refractivity contribution in [1.29, 1.82) is 0 Å². The van der Waals surface area contributed by atoms with Crippen LogP contribution in [0.25, 0.3) is 0 Å². The number of urea groups is 1. The number of halogens is 1. The summed E-state index contributed by atoms with van der Waals surface area (Å²) in [5.41, 5.74) is 1.95. The molecule has 1 fully saturated rings. The van der Waals surface area contributed by atoms with E-state index >= 15 is 0 Å². The van der Waals surface area contributed by atoms with E-state index in [-0.39, 0.29) is 24.4 Å². The van der Waals surface area contributed by atoms with Crippen molar-refractivity contribution in [2.45, 2.75) is 19.8 Å². The number of carbonyl (C=O) groups excluding carboxylic acids is 1. The van der Waals surface area contributed by atoms with Crippen molar-refractivity contribution in [2.24, 2.45) is 5.92 Å². The number of carbonyl (C=O) groups is 1. The van der Waals surface area contributed by atoms with Crippen molar-refractivity contribution in [3.8, 4) is 0 Å². The highest BCUT2D eigenvalue weighted by molar-refractivity contribution is 5.74. The molecular weight excluding hydrogens is 259 g/mol. The minimum absolute atomic E-state index is 0.0827. The number of likely N-dealkylation sites (tertiary alicyclic amines) is 1. The lowest BCUT2D eigenvalue weighted by molar-refractivity contribution is 0.198. The Labute approximate surface area is 118 Å². The summed E-state index contributed by atoms with van der Waals surface area (Å²) in [5, 5.41) is 11.9. The fourth-order valence-electron chi connectivity index (χ4n) is 2.52. The molecule has 1 heterocycles. The van der Waals surface area contributed by atoms with Crippen molar-refractivity contribution in [3.05, 3.63) is 35.1 Å². The Hall–Kier alpha value is -1.62. The van der Waals surface area contributed by atoms with Gasteiger partial charge in [-0.3, -0.25) is 0 Å². The Bertz CT molecular complexity index is 479. The van der Waals surface area contributed by atoms with Gasteiger partial charge in [-0.15, -0.1) is 0 Å². The van der Waals surface area contributed by atoms with E-state index in [2.05, 4.69) is 5.32 Å². The Kier molecular flexibility index (Phi) is 4.95. The van der Waals surface area contributed by atoms with Gasteiger partial charge in [-0.05, 0) is 43.0 Å². The standard InChI is InChI=1S/C15H21FN2O2/c1-11-8-14(16)3-2-13(11)4-6-17-15(20)18-7-5-12(9-18)10-19/h2-3,8,12,19H,4-7,9-10H2,1H3,(H,17,20). The van der Waals surface area contributed by atoms with E-state index in [9.17, 15) is 9.18 Å². The molecule has 0 bridgehead atoms. The molecule has 20 heavy (non-hydrogen) atoms. The van der Waals surface area contributed by atoms with Crippen LogP contribution in [0.3, 0.4) is 0 Å². The number of nitrogens with zero attached hydrogens (tertiary/aromatic N) is 1. The van der Waals surface area contributed by atoms with Crippen molar-refractivity contribution in [3.63, 3.8) is 0 Å². The Morgan fingerprint density at radius 1 is 1.55 bits per heavy atom. The molecule has 2 N–H and O–H groups in total. The first-order chi connectivity index (χ1) is 9.60. The van der Waals surface area contributed by atoms with E-state index in [1.54, 1.807) is 11.0 Å². The average Bonchev–Trinajstić information content (AvgIpc) is 2.90. The van der Waals surface area contributed by atoms with Crippen molar-refractivity contribution in [2.75, 3.05) is 26.2 Å². The number of nitrogens with one attached hydrogen (secondary N) is 1. The number of aliphatic hydroxyl groups excluding tert-OH is 1. The molecule has 2 amide bonds. The van der Waals surface area contributed by atoms with Crippen LogP contribution in [-0.2, 0) is 6.42 Å². The van der Waals surface area contributed by atoms with Crippen molar-refractivity contribution < 1.29 is 14.3 Å². The summed E-state index contributed by atoms with van der Waals surface area (Å²) in [6, 6.07) is 4.62. The number of rotatable bonds is 4. The summed E-state index contributed by atoms with van der Waals surface area (Å²) in [4.78, 5) is 13.6. The molecule has 1 aliphatic heterocycles. The summed E-state index contributed by atoms with van der Waals surface area (Å²) < 4.78 is 13.0. The molecule has 2 rings (SSSR count). The summed E-state index contributed by atoms with van der Waals surface area (Å²) in [5.74, 6) is -0.0255. The molecule has 0 saturated carbocycles. The van der Waals surface area contributed by atoms with Gasteiger partial charge in [0.1, 0.15) is 5.82 Å². The normalized spacial score (nSPS) is 18.4. The molecular formula is C15H21FN2O2. The number of aliphatic hydroxyl groups is 1. The van der Waals surface area contributed by atoms with E-state index < -0.39 is 0 Å². The van der Waals surface area contributed by atoms with Gasteiger partial charge >= 0.3 is 6.03 Å². The van der Waals surface area contributed by atoms with Crippen LogP contribution in [0.15, 0.2) is 18.2 Å². The van der Waals surface area contributed by atoms with Gasteiger partial charge in [0.2, 0.25) is 0 Å². The Balaban J connectivity index is 1.77. The van der Waals surface area contributed by atoms with E-state index in [1.807, 2.05) is 6.92 Å². The van der Waals surface area contributed by atoms with Gasteiger partial charge in [-0.1, -0.05) is 6.07 Å². The molecule has 1 aromatic rings. The third kappa shape index (κ3) is 3.70. The van der Waals surface area contributed by atoms with Gasteiger partial charge in [-0.25, -0.2) is 9.18 Å².